The summed E-state index contributed by atoms with van der Waals surface area (Å²) in [5.74, 6) is -4.08. The van der Waals surface area contributed by atoms with Crippen molar-refractivity contribution in [3.05, 3.63) is 29.6 Å². The maximum Gasteiger partial charge on any atom is 0.249 e. The molecule has 0 N–H and O–H groups in total. The van der Waals surface area contributed by atoms with Crippen LogP contribution in [0.5, 0.6) is 0 Å². The van der Waals surface area contributed by atoms with E-state index in [0.29, 0.717) is 25.0 Å². The number of alkyl halides is 1. The standard InChI is InChI=1S/C13H17ClF3NO2S/c1-3-10(4-2)18(6-5-14)21(19,20)13-11(16)7-9(15)8-12(13)17/h7-8,10H,3-6H2,1-2H3. The topological polar surface area (TPSA) is 37.4 Å². The van der Waals surface area contributed by atoms with Gasteiger partial charge in [-0.25, -0.2) is 21.6 Å². The van der Waals surface area contributed by atoms with Gasteiger partial charge in [-0.3, -0.25) is 0 Å². The lowest BCUT2D eigenvalue weighted by Crippen LogP contribution is -2.41. The van der Waals surface area contributed by atoms with E-state index >= 15 is 0 Å². The molecule has 0 aromatic heterocycles. The van der Waals surface area contributed by atoms with Gasteiger partial charge >= 0.3 is 0 Å². The first-order chi connectivity index (χ1) is 9.79. The van der Waals surface area contributed by atoms with Crippen LogP contribution in [-0.4, -0.2) is 31.2 Å². The van der Waals surface area contributed by atoms with Crippen LogP contribution in [0.25, 0.3) is 0 Å². The quantitative estimate of drug-likeness (QED) is 0.710. The van der Waals surface area contributed by atoms with E-state index in [1.807, 2.05) is 0 Å². The van der Waals surface area contributed by atoms with E-state index in [1.54, 1.807) is 13.8 Å². The van der Waals surface area contributed by atoms with Crippen LogP contribution >= 0.6 is 11.6 Å². The summed E-state index contributed by atoms with van der Waals surface area (Å²) in [6.45, 7) is 3.46. The van der Waals surface area contributed by atoms with E-state index in [9.17, 15) is 21.6 Å². The van der Waals surface area contributed by atoms with Crippen molar-refractivity contribution in [3.63, 3.8) is 0 Å². The SMILES string of the molecule is CCC(CC)N(CCCl)S(=O)(=O)c1c(F)cc(F)cc1F. The highest BCUT2D eigenvalue weighted by Gasteiger charge is 2.34. The molecule has 1 aromatic rings. The van der Waals surface area contributed by atoms with E-state index in [0.717, 1.165) is 4.31 Å². The summed E-state index contributed by atoms with van der Waals surface area (Å²) in [6, 6.07) is 0.265. The highest BCUT2D eigenvalue weighted by Crippen LogP contribution is 2.26. The number of rotatable bonds is 7. The molecule has 8 heteroatoms. The van der Waals surface area contributed by atoms with Crippen molar-refractivity contribution in [2.75, 3.05) is 12.4 Å². The molecule has 1 aromatic carbocycles. The molecule has 0 unspecified atom stereocenters. The lowest BCUT2D eigenvalue weighted by atomic mass is 10.2. The fraction of sp³-hybridized carbons (Fsp3) is 0.538. The van der Waals surface area contributed by atoms with Crippen LogP contribution in [0, 0.1) is 17.5 Å². The lowest BCUT2D eigenvalue weighted by Gasteiger charge is -2.29. The predicted molar refractivity (Wildman–Crippen MR) is 75.3 cm³/mol. The summed E-state index contributed by atoms with van der Waals surface area (Å²) in [7, 11) is -4.43. The summed E-state index contributed by atoms with van der Waals surface area (Å²) >= 11 is 5.60. The molecule has 0 saturated heterocycles. The number of nitrogens with zero attached hydrogens (tertiary/aromatic N) is 1. The third-order valence-corrected chi connectivity index (χ3v) is 5.36. The van der Waals surface area contributed by atoms with Crippen molar-refractivity contribution in [1.82, 2.24) is 4.31 Å². The minimum atomic E-state index is -4.43. The zero-order valence-electron chi connectivity index (χ0n) is 11.7. The molecule has 0 spiro atoms. The van der Waals surface area contributed by atoms with Crippen molar-refractivity contribution < 1.29 is 21.6 Å². The zero-order valence-corrected chi connectivity index (χ0v) is 13.3. The summed E-state index contributed by atoms with van der Waals surface area (Å²) < 4.78 is 66.4. The Hall–Kier alpha value is -0.790. The van der Waals surface area contributed by atoms with Gasteiger partial charge in [0, 0.05) is 30.6 Å². The second-order valence-corrected chi connectivity index (χ2v) is 6.68. The Balaban J connectivity index is 3.43. The third-order valence-electron chi connectivity index (χ3n) is 3.18. The van der Waals surface area contributed by atoms with Crippen LogP contribution in [0.4, 0.5) is 13.2 Å². The maximum absolute atomic E-state index is 13.8. The van der Waals surface area contributed by atoms with Gasteiger partial charge in [0.2, 0.25) is 10.0 Å². The molecular weight excluding hydrogens is 327 g/mol. The summed E-state index contributed by atoms with van der Waals surface area (Å²) in [5.41, 5.74) is 0. The van der Waals surface area contributed by atoms with Gasteiger partial charge in [-0.2, -0.15) is 4.31 Å². The average Bonchev–Trinajstić information content (AvgIpc) is 2.37. The average molecular weight is 344 g/mol. The highest BCUT2D eigenvalue weighted by atomic mass is 35.5. The van der Waals surface area contributed by atoms with Crippen LogP contribution in [0.2, 0.25) is 0 Å². The van der Waals surface area contributed by atoms with Crippen molar-refractivity contribution in [1.29, 1.82) is 0 Å². The molecule has 0 aliphatic carbocycles. The smallest absolute Gasteiger partial charge is 0.207 e. The Bertz CT molecular complexity index is 568. The number of halogens is 4. The van der Waals surface area contributed by atoms with Gasteiger partial charge in [-0.05, 0) is 12.8 Å². The van der Waals surface area contributed by atoms with Crippen LogP contribution in [0.3, 0.4) is 0 Å². The van der Waals surface area contributed by atoms with E-state index in [1.165, 1.54) is 0 Å². The van der Waals surface area contributed by atoms with Crippen molar-refractivity contribution in [2.24, 2.45) is 0 Å². The maximum atomic E-state index is 13.8. The molecule has 0 amide bonds. The number of sulfonamides is 1. The first kappa shape index (κ1) is 18.3. The van der Waals surface area contributed by atoms with Crippen molar-refractivity contribution >= 4 is 21.6 Å². The van der Waals surface area contributed by atoms with Crippen LogP contribution < -0.4 is 0 Å². The van der Waals surface area contributed by atoms with Crippen LogP contribution in [-0.2, 0) is 10.0 Å². The third kappa shape index (κ3) is 3.90. The van der Waals surface area contributed by atoms with Crippen LogP contribution in [0.15, 0.2) is 17.0 Å². The Labute approximate surface area is 127 Å². The lowest BCUT2D eigenvalue weighted by molar-refractivity contribution is 0.313. The molecule has 21 heavy (non-hydrogen) atoms. The molecule has 0 fully saturated rings. The van der Waals surface area contributed by atoms with Crippen LogP contribution in [0.1, 0.15) is 26.7 Å². The minimum Gasteiger partial charge on any atom is -0.207 e. The van der Waals surface area contributed by atoms with Gasteiger partial charge in [0.1, 0.15) is 17.5 Å². The molecule has 120 valence electrons. The number of benzene rings is 1. The first-order valence-corrected chi connectivity index (χ1v) is 8.49. The summed E-state index contributed by atoms with van der Waals surface area (Å²) in [4.78, 5) is -1.14. The highest BCUT2D eigenvalue weighted by molar-refractivity contribution is 7.89. The van der Waals surface area contributed by atoms with Gasteiger partial charge in [0.15, 0.2) is 4.90 Å². The molecule has 3 nitrogen and oxygen atoms in total. The Morgan fingerprint density at radius 1 is 1.14 bits per heavy atom. The van der Waals surface area contributed by atoms with Gasteiger partial charge < -0.3 is 0 Å². The number of hydrogen-bond donors (Lipinski definition) is 0. The van der Waals surface area contributed by atoms with E-state index in [-0.39, 0.29) is 12.4 Å². The van der Waals surface area contributed by atoms with Gasteiger partial charge in [0.25, 0.3) is 0 Å². The Kier molecular flexibility index (Phi) is 6.49. The second-order valence-electron chi connectivity index (χ2n) is 4.47. The number of hydrogen-bond acceptors (Lipinski definition) is 2. The van der Waals surface area contributed by atoms with Gasteiger partial charge in [0.05, 0.1) is 0 Å². The van der Waals surface area contributed by atoms with E-state index in [4.69, 9.17) is 11.6 Å². The molecule has 0 radical (unpaired) electrons. The molecule has 0 aliphatic rings. The molecule has 0 aliphatic heterocycles. The monoisotopic (exact) mass is 343 g/mol. The summed E-state index contributed by atoms with van der Waals surface area (Å²) in [6.07, 6.45) is 0.939. The minimum absolute atomic E-state index is 0.0137. The fourth-order valence-corrected chi connectivity index (χ4v) is 4.32. The van der Waals surface area contributed by atoms with Crippen molar-refractivity contribution in [2.45, 2.75) is 37.6 Å². The Morgan fingerprint density at radius 2 is 1.62 bits per heavy atom. The molecule has 0 heterocycles. The normalized spacial score (nSPS) is 12.4. The zero-order chi connectivity index (χ0) is 16.2. The fourth-order valence-electron chi connectivity index (χ4n) is 2.17. The van der Waals surface area contributed by atoms with E-state index in [2.05, 4.69) is 0 Å². The van der Waals surface area contributed by atoms with Gasteiger partial charge in [-0.15, -0.1) is 11.6 Å². The summed E-state index contributed by atoms with van der Waals surface area (Å²) in [5, 5.41) is 0. The second kappa shape index (κ2) is 7.47. The molecular formula is C13H17ClF3NO2S. The largest absolute Gasteiger partial charge is 0.249 e. The molecule has 0 saturated carbocycles. The molecule has 0 atom stereocenters. The molecule has 0 bridgehead atoms. The first-order valence-electron chi connectivity index (χ1n) is 6.51. The predicted octanol–water partition coefficient (Wildman–Crippen LogP) is 3.52. The Morgan fingerprint density at radius 3 is 2.00 bits per heavy atom. The van der Waals surface area contributed by atoms with Crippen molar-refractivity contribution in [3.8, 4) is 0 Å². The van der Waals surface area contributed by atoms with Gasteiger partial charge in [-0.1, -0.05) is 13.8 Å². The van der Waals surface area contributed by atoms with E-state index < -0.39 is 38.4 Å². The molecule has 1 rings (SSSR count).